The summed E-state index contributed by atoms with van der Waals surface area (Å²) < 4.78 is 1.95. The SMILES string of the molecule is CCN1C(=O)CCc2cc(N[C@H](C)CCn3cccn3)ccc21. The summed E-state index contributed by atoms with van der Waals surface area (Å²) in [5, 5.41) is 7.78. The van der Waals surface area contributed by atoms with E-state index in [1.807, 2.05) is 35.0 Å². The van der Waals surface area contributed by atoms with Crippen LogP contribution in [0.1, 0.15) is 32.3 Å². The van der Waals surface area contributed by atoms with Crippen LogP contribution in [0, 0.1) is 0 Å². The van der Waals surface area contributed by atoms with E-state index in [0.29, 0.717) is 12.5 Å². The van der Waals surface area contributed by atoms with Crippen LogP contribution in [0.4, 0.5) is 11.4 Å². The highest BCUT2D eigenvalue weighted by atomic mass is 16.2. The minimum atomic E-state index is 0.230. The van der Waals surface area contributed by atoms with Crippen molar-refractivity contribution in [1.29, 1.82) is 0 Å². The van der Waals surface area contributed by atoms with Gasteiger partial charge in [-0.25, -0.2) is 0 Å². The molecule has 0 spiro atoms. The number of aryl methyl sites for hydroxylation is 2. The number of fused-ring (bicyclic) bond motifs is 1. The lowest BCUT2D eigenvalue weighted by Gasteiger charge is -2.29. The molecular weight excluding hydrogens is 288 g/mol. The molecular formula is C18H24N4O. The van der Waals surface area contributed by atoms with E-state index in [4.69, 9.17) is 0 Å². The molecule has 0 radical (unpaired) electrons. The van der Waals surface area contributed by atoms with Crippen molar-refractivity contribution in [3.63, 3.8) is 0 Å². The maximum absolute atomic E-state index is 12.0. The van der Waals surface area contributed by atoms with Crippen molar-refractivity contribution in [3.05, 3.63) is 42.2 Å². The third-order valence-corrected chi connectivity index (χ3v) is 4.36. The minimum Gasteiger partial charge on any atom is -0.383 e. The first-order valence-corrected chi connectivity index (χ1v) is 8.34. The highest BCUT2D eigenvalue weighted by Gasteiger charge is 2.22. The molecule has 0 unspecified atom stereocenters. The van der Waals surface area contributed by atoms with Gasteiger partial charge < -0.3 is 10.2 Å². The van der Waals surface area contributed by atoms with Crippen LogP contribution in [-0.4, -0.2) is 28.3 Å². The molecule has 0 saturated carbocycles. The number of anilines is 2. The van der Waals surface area contributed by atoms with Gasteiger partial charge in [0.15, 0.2) is 0 Å². The average Bonchev–Trinajstić information content (AvgIpc) is 3.06. The first-order chi connectivity index (χ1) is 11.2. The molecule has 23 heavy (non-hydrogen) atoms. The zero-order chi connectivity index (χ0) is 16.2. The Morgan fingerprint density at radius 3 is 2.96 bits per heavy atom. The Labute approximate surface area is 137 Å². The third-order valence-electron chi connectivity index (χ3n) is 4.36. The van der Waals surface area contributed by atoms with Gasteiger partial charge in [-0.2, -0.15) is 5.10 Å². The van der Waals surface area contributed by atoms with Crippen molar-refractivity contribution in [3.8, 4) is 0 Å². The summed E-state index contributed by atoms with van der Waals surface area (Å²) >= 11 is 0. The largest absolute Gasteiger partial charge is 0.383 e. The molecule has 1 aromatic carbocycles. The van der Waals surface area contributed by atoms with Gasteiger partial charge in [0.1, 0.15) is 0 Å². The first kappa shape index (κ1) is 15.6. The van der Waals surface area contributed by atoms with E-state index in [1.54, 1.807) is 0 Å². The lowest BCUT2D eigenvalue weighted by atomic mass is 10.00. The Morgan fingerprint density at radius 2 is 2.22 bits per heavy atom. The van der Waals surface area contributed by atoms with Gasteiger partial charge in [-0.3, -0.25) is 9.48 Å². The fourth-order valence-electron chi connectivity index (χ4n) is 3.11. The molecule has 2 aromatic rings. The number of nitrogens with one attached hydrogen (secondary N) is 1. The van der Waals surface area contributed by atoms with Crippen molar-refractivity contribution in [2.24, 2.45) is 0 Å². The Balaban J connectivity index is 1.64. The number of nitrogens with zero attached hydrogens (tertiary/aromatic N) is 3. The highest BCUT2D eigenvalue weighted by Crippen LogP contribution is 2.30. The summed E-state index contributed by atoms with van der Waals surface area (Å²) in [5.41, 5.74) is 3.45. The Bertz CT molecular complexity index is 666. The summed E-state index contributed by atoms with van der Waals surface area (Å²) in [6.07, 6.45) is 6.25. The molecule has 0 saturated heterocycles. The van der Waals surface area contributed by atoms with E-state index in [0.717, 1.165) is 37.3 Å². The van der Waals surface area contributed by atoms with Crippen LogP contribution in [0.5, 0.6) is 0 Å². The predicted octanol–water partition coefficient (Wildman–Crippen LogP) is 3.07. The van der Waals surface area contributed by atoms with Gasteiger partial charge in [-0.15, -0.1) is 0 Å². The number of carbonyl (C=O) groups is 1. The number of amides is 1. The molecule has 1 aliphatic rings. The van der Waals surface area contributed by atoms with Crippen LogP contribution in [0.3, 0.4) is 0 Å². The molecule has 0 aliphatic carbocycles. The molecule has 3 rings (SSSR count). The van der Waals surface area contributed by atoms with Gasteiger partial charge in [0, 0.05) is 49.3 Å². The molecule has 1 atom stereocenters. The van der Waals surface area contributed by atoms with Gasteiger partial charge in [-0.05, 0) is 56.5 Å². The Morgan fingerprint density at radius 1 is 1.35 bits per heavy atom. The minimum absolute atomic E-state index is 0.230. The van der Waals surface area contributed by atoms with Crippen LogP contribution < -0.4 is 10.2 Å². The second-order valence-electron chi connectivity index (χ2n) is 6.08. The number of benzene rings is 1. The average molecular weight is 312 g/mol. The standard InChI is InChI=1S/C18H24N4O/c1-3-22-17-7-6-16(13-15(17)5-8-18(22)23)20-14(2)9-12-21-11-4-10-19-21/h4,6-7,10-11,13-14,20H,3,5,8-9,12H2,1-2H3/t14-/m1/s1. The molecule has 1 N–H and O–H groups in total. The fraction of sp³-hybridized carbons (Fsp3) is 0.444. The summed E-state index contributed by atoms with van der Waals surface area (Å²) in [7, 11) is 0. The first-order valence-electron chi connectivity index (χ1n) is 8.34. The maximum atomic E-state index is 12.0. The number of carbonyl (C=O) groups excluding carboxylic acids is 1. The van der Waals surface area contributed by atoms with E-state index in [1.165, 1.54) is 5.56 Å². The summed E-state index contributed by atoms with van der Waals surface area (Å²) in [5.74, 6) is 0.230. The number of rotatable bonds is 6. The van der Waals surface area contributed by atoms with Crippen LogP contribution in [0.25, 0.3) is 0 Å². The molecule has 0 bridgehead atoms. The van der Waals surface area contributed by atoms with Crippen LogP contribution in [-0.2, 0) is 17.8 Å². The number of aromatic nitrogens is 2. The molecule has 122 valence electrons. The summed E-state index contributed by atoms with van der Waals surface area (Å²) in [6.45, 7) is 5.85. The van der Waals surface area contributed by atoms with E-state index in [2.05, 4.69) is 35.5 Å². The number of hydrogen-bond donors (Lipinski definition) is 1. The molecule has 2 heterocycles. The van der Waals surface area contributed by atoms with Gasteiger partial charge in [-0.1, -0.05) is 0 Å². The fourth-order valence-corrected chi connectivity index (χ4v) is 3.11. The van der Waals surface area contributed by atoms with E-state index in [9.17, 15) is 4.79 Å². The molecule has 1 amide bonds. The lowest BCUT2D eigenvalue weighted by molar-refractivity contribution is -0.118. The van der Waals surface area contributed by atoms with Crippen molar-refractivity contribution < 1.29 is 4.79 Å². The normalized spacial score (nSPS) is 15.4. The van der Waals surface area contributed by atoms with E-state index >= 15 is 0 Å². The lowest BCUT2D eigenvalue weighted by Crippen LogP contribution is -2.34. The second-order valence-corrected chi connectivity index (χ2v) is 6.08. The topological polar surface area (TPSA) is 50.2 Å². The van der Waals surface area contributed by atoms with Crippen molar-refractivity contribution in [2.75, 3.05) is 16.8 Å². The maximum Gasteiger partial charge on any atom is 0.227 e. The van der Waals surface area contributed by atoms with Gasteiger partial charge in [0.2, 0.25) is 5.91 Å². The highest BCUT2D eigenvalue weighted by molar-refractivity contribution is 5.96. The molecule has 0 fully saturated rings. The third kappa shape index (κ3) is 3.55. The number of hydrogen-bond acceptors (Lipinski definition) is 3. The molecule has 5 nitrogen and oxygen atoms in total. The monoisotopic (exact) mass is 312 g/mol. The van der Waals surface area contributed by atoms with E-state index < -0.39 is 0 Å². The van der Waals surface area contributed by atoms with Crippen LogP contribution >= 0.6 is 0 Å². The predicted molar refractivity (Wildman–Crippen MR) is 92.7 cm³/mol. The zero-order valence-electron chi connectivity index (χ0n) is 13.8. The molecule has 1 aromatic heterocycles. The quantitative estimate of drug-likeness (QED) is 0.892. The van der Waals surface area contributed by atoms with Crippen molar-refractivity contribution in [1.82, 2.24) is 9.78 Å². The molecule has 1 aliphatic heterocycles. The van der Waals surface area contributed by atoms with Crippen molar-refractivity contribution in [2.45, 2.75) is 45.7 Å². The second kappa shape index (κ2) is 6.86. The smallest absolute Gasteiger partial charge is 0.227 e. The Hall–Kier alpha value is -2.30. The summed E-state index contributed by atoms with van der Waals surface area (Å²) in [6, 6.07) is 8.64. The van der Waals surface area contributed by atoms with Crippen LogP contribution in [0.15, 0.2) is 36.7 Å². The molecule has 5 heteroatoms. The zero-order valence-corrected chi connectivity index (χ0v) is 13.8. The van der Waals surface area contributed by atoms with Gasteiger partial charge >= 0.3 is 0 Å². The van der Waals surface area contributed by atoms with Gasteiger partial charge in [0.25, 0.3) is 0 Å². The summed E-state index contributed by atoms with van der Waals surface area (Å²) in [4.78, 5) is 13.8. The Kier molecular flexibility index (Phi) is 4.65. The van der Waals surface area contributed by atoms with Crippen molar-refractivity contribution >= 4 is 17.3 Å². The van der Waals surface area contributed by atoms with Crippen LogP contribution in [0.2, 0.25) is 0 Å². The van der Waals surface area contributed by atoms with E-state index in [-0.39, 0.29) is 5.91 Å². The van der Waals surface area contributed by atoms with Gasteiger partial charge in [0.05, 0.1) is 0 Å².